The van der Waals surface area contributed by atoms with E-state index in [9.17, 15) is 18.3 Å². The van der Waals surface area contributed by atoms with Crippen LogP contribution in [0.4, 0.5) is 0 Å². The van der Waals surface area contributed by atoms with Crippen LogP contribution in [-0.4, -0.2) is 57.6 Å². The number of fused-ring (bicyclic) bond motifs is 1. The summed E-state index contributed by atoms with van der Waals surface area (Å²) in [5.41, 5.74) is 3.91. The number of hydrogen-bond acceptors (Lipinski definition) is 5. The molecule has 0 bridgehead atoms. The molecule has 1 amide bonds. The Hall–Kier alpha value is -3.27. The summed E-state index contributed by atoms with van der Waals surface area (Å²) in [7, 11) is -3.53. The molecule has 2 N–H and O–H groups in total. The van der Waals surface area contributed by atoms with Crippen LogP contribution in [0, 0.1) is 6.92 Å². The highest BCUT2D eigenvalue weighted by molar-refractivity contribution is 7.89. The van der Waals surface area contributed by atoms with E-state index < -0.39 is 10.0 Å². The Morgan fingerprint density at radius 1 is 1.09 bits per heavy atom. The molecule has 8 nitrogen and oxygen atoms in total. The number of nitrogens with one attached hydrogen (secondary N) is 2. The van der Waals surface area contributed by atoms with Crippen molar-refractivity contribution in [2.24, 2.45) is 5.10 Å². The fourth-order valence-corrected chi connectivity index (χ4v) is 5.36. The summed E-state index contributed by atoms with van der Waals surface area (Å²) in [5, 5.41) is 17.9. The maximum Gasteiger partial charge on any atom is 0.295 e. The summed E-state index contributed by atoms with van der Waals surface area (Å²) in [6.07, 6.45) is 1.38. The summed E-state index contributed by atoms with van der Waals surface area (Å²) < 4.78 is 27.1. The zero-order valence-electron chi connectivity index (χ0n) is 18.3. The van der Waals surface area contributed by atoms with Crippen molar-refractivity contribution in [3.05, 3.63) is 71.8 Å². The Morgan fingerprint density at radius 3 is 2.52 bits per heavy atom. The van der Waals surface area contributed by atoms with Crippen LogP contribution in [0.15, 0.2) is 70.7 Å². The highest BCUT2D eigenvalue weighted by atomic mass is 32.2. The van der Waals surface area contributed by atoms with Gasteiger partial charge in [0.1, 0.15) is 0 Å². The summed E-state index contributed by atoms with van der Waals surface area (Å²) in [4.78, 5) is 13.6. The maximum atomic E-state index is 12.8. The molecule has 0 saturated carbocycles. The minimum atomic E-state index is -3.53. The van der Waals surface area contributed by atoms with Crippen LogP contribution in [0.25, 0.3) is 10.8 Å². The molecule has 1 heterocycles. The van der Waals surface area contributed by atoms with Gasteiger partial charge in [-0.3, -0.25) is 4.79 Å². The Kier molecular flexibility index (Phi) is 6.73. The lowest BCUT2D eigenvalue weighted by molar-refractivity contribution is -0.895. The Morgan fingerprint density at radius 2 is 1.79 bits per heavy atom. The number of sulfonamides is 1. The minimum Gasteiger partial charge on any atom is -0.872 e. The Bertz CT molecular complexity index is 1280. The van der Waals surface area contributed by atoms with Gasteiger partial charge in [0.2, 0.25) is 10.0 Å². The molecule has 0 unspecified atom stereocenters. The smallest absolute Gasteiger partial charge is 0.295 e. The number of aryl methyl sites for hydroxylation is 1. The molecule has 1 aliphatic heterocycles. The molecule has 1 saturated heterocycles. The largest absolute Gasteiger partial charge is 0.872 e. The molecule has 0 spiro atoms. The molecule has 9 heteroatoms. The second-order valence-corrected chi connectivity index (χ2v) is 10.1. The first-order valence-electron chi connectivity index (χ1n) is 10.8. The molecule has 0 aliphatic carbocycles. The summed E-state index contributed by atoms with van der Waals surface area (Å²) in [5.74, 6) is -0.452. The van der Waals surface area contributed by atoms with Crippen molar-refractivity contribution in [2.75, 3.05) is 32.7 Å². The van der Waals surface area contributed by atoms with Crippen molar-refractivity contribution in [1.29, 1.82) is 0 Å². The molecule has 3 aromatic carbocycles. The number of carbonyl (C=O) groups excluding carboxylic acids is 1. The highest BCUT2D eigenvalue weighted by Gasteiger charge is 2.31. The third-order valence-electron chi connectivity index (χ3n) is 5.81. The molecule has 172 valence electrons. The number of amides is 1. The number of rotatable bonds is 6. The molecule has 4 rings (SSSR count). The lowest BCUT2D eigenvalue weighted by atomic mass is 10.0. The predicted molar refractivity (Wildman–Crippen MR) is 125 cm³/mol. The molecular weight excluding hydrogens is 440 g/mol. The van der Waals surface area contributed by atoms with Gasteiger partial charge in [-0.2, -0.15) is 9.41 Å². The van der Waals surface area contributed by atoms with Gasteiger partial charge in [-0.1, -0.05) is 59.8 Å². The van der Waals surface area contributed by atoms with E-state index in [1.165, 1.54) is 16.6 Å². The zero-order chi connectivity index (χ0) is 23.4. The summed E-state index contributed by atoms with van der Waals surface area (Å²) in [6, 6.07) is 17.6. The quantitative estimate of drug-likeness (QED) is 0.402. The second-order valence-electron chi connectivity index (χ2n) is 8.14. The van der Waals surface area contributed by atoms with Crippen molar-refractivity contribution < 1.29 is 23.2 Å². The van der Waals surface area contributed by atoms with Crippen LogP contribution < -0.4 is 15.4 Å². The van der Waals surface area contributed by atoms with Gasteiger partial charge in [-0.25, -0.2) is 13.8 Å². The second kappa shape index (κ2) is 9.70. The monoisotopic (exact) mass is 466 g/mol. The molecule has 3 aromatic rings. The minimum absolute atomic E-state index is 0.164. The van der Waals surface area contributed by atoms with Crippen molar-refractivity contribution in [2.45, 2.75) is 11.8 Å². The van der Waals surface area contributed by atoms with E-state index in [0.29, 0.717) is 31.7 Å². The number of benzene rings is 3. The number of carbonyl (C=O) groups is 1. The van der Waals surface area contributed by atoms with Gasteiger partial charge >= 0.3 is 0 Å². The SMILES string of the molecule is Cc1ccc(S(=O)(=O)N2CC[NH+](CC(=O)N/N=C/c3c([O-])ccc4ccccc34)CC2)cc1. The first-order valence-corrected chi connectivity index (χ1v) is 12.2. The lowest BCUT2D eigenvalue weighted by Crippen LogP contribution is -3.15. The van der Waals surface area contributed by atoms with Gasteiger partial charge in [0.05, 0.1) is 37.3 Å². The van der Waals surface area contributed by atoms with Gasteiger partial charge in [0.25, 0.3) is 5.91 Å². The van der Waals surface area contributed by atoms with E-state index in [-0.39, 0.29) is 23.1 Å². The van der Waals surface area contributed by atoms with Crippen LogP contribution in [0.5, 0.6) is 5.75 Å². The van der Waals surface area contributed by atoms with Crippen molar-refractivity contribution in [1.82, 2.24) is 9.73 Å². The Balaban J connectivity index is 1.31. The van der Waals surface area contributed by atoms with Crippen molar-refractivity contribution in [3.63, 3.8) is 0 Å². The topological polar surface area (TPSA) is 106 Å². The van der Waals surface area contributed by atoms with E-state index in [2.05, 4.69) is 10.5 Å². The molecule has 1 fully saturated rings. The van der Waals surface area contributed by atoms with Crippen LogP contribution in [0.3, 0.4) is 0 Å². The third kappa shape index (κ3) is 5.22. The number of quaternary nitrogens is 1. The molecule has 33 heavy (non-hydrogen) atoms. The van der Waals surface area contributed by atoms with E-state index in [1.54, 1.807) is 30.3 Å². The van der Waals surface area contributed by atoms with Crippen molar-refractivity contribution in [3.8, 4) is 5.75 Å². The predicted octanol–water partition coefficient (Wildman–Crippen LogP) is 0.261. The van der Waals surface area contributed by atoms with Gasteiger partial charge in [0.15, 0.2) is 6.54 Å². The van der Waals surface area contributed by atoms with Gasteiger partial charge in [-0.15, -0.1) is 0 Å². The van der Waals surface area contributed by atoms with Crippen LogP contribution in [0.1, 0.15) is 11.1 Å². The fourth-order valence-electron chi connectivity index (χ4n) is 3.92. The third-order valence-corrected chi connectivity index (χ3v) is 7.73. The molecule has 0 atom stereocenters. The van der Waals surface area contributed by atoms with Crippen LogP contribution in [0.2, 0.25) is 0 Å². The van der Waals surface area contributed by atoms with E-state index in [1.807, 2.05) is 31.2 Å². The fraction of sp³-hybridized carbons (Fsp3) is 0.250. The molecule has 0 aromatic heterocycles. The molecular formula is C24H26N4O4S. The number of hydrazone groups is 1. The van der Waals surface area contributed by atoms with Gasteiger partial charge < -0.3 is 10.0 Å². The standard InChI is InChI=1S/C24H26N4O4S/c1-18-6-9-20(10-7-18)33(31,32)28-14-12-27(13-15-28)17-24(30)26-25-16-22-21-5-3-2-4-19(21)8-11-23(22)29/h2-11,16,29H,12-15,17H2,1H3,(H,26,30)/b25-16+. The molecule has 1 aliphatic rings. The average molecular weight is 467 g/mol. The molecule has 0 radical (unpaired) electrons. The number of hydrogen-bond donors (Lipinski definition) is 2. The zero-order valence-corrected chi connectivity index (χ0v) is 19.1. The first kappa shape index (κ1) is 22.9. The Labute approximate surface area is 193 Å². The van der Waals surface area contributed by atoms with Gasteiger partial charge in [-0.05, 0) is 35.4 Å². The van der Waals surface area contributed by atoms with E-state index in [0.717, 1.165) is 21.2 Å². The summed E-state index contributed by atoms with van der Waals surface area (Å²) >= 11 is 0. The first-order chi connectivity index (χ1) is 15.8. The van der Waals surface area contributed by atoms with E-state index >= 15 is 0 Å². The number of piperazine rings is 1. The number of nitrogens with zero attached hydrogens (tertiary/aromatic N) is 2. The van der Waals surface area contributed by atoms with Gasteiger partial charge in [0, 0.05) is 0 Å². The van der Waals surface area contributed by atoms with Crippen molar-refractivity contribution >= 4 is 32.9 Å². The maximum absolute atomic E-state index is 12.8. The highest BCUT2D eigenvalue weighted by Crippen LogP contribution is 2.23. The average Bonchev–Trinajstić information content (AvgIpc) is 2.81. The van der Waals surface area contributed by atoms with Crippen LogP contribution >= 0.6 is 0 Å². The normalized spacial score (nSPS) is 15.8. The van der Waals surface area contributed by atoms with Crippen LogP contribution in [-0.2, 0) is 14.8 Å². The summed E-state index contributed by atoms with van der Waals surface area (Å²) in [6.45, 7) is 3.83. The lowest BCUT2D eigenvalue weighted by Gasteiger charge is -2.31. The van der Waals surface area contributed by atoms with E-state index in [4.69, 9.17) is 0 Å².